The first-order valence-electron chi connectivity index (χ1n) is 9.54. The number of hydrogen-bond donors (Lipinski definition) is 0. The van der Waals surface area contributed by atoms with Gasteiger partial charge in [0.1, 0.15) is 0 Å². The van der Waals surface area contributed by atoms with Gasteiger partial charge in [-0.05, 0) is 25.2 Å². The molecule has 0 saturated heterocycles. The summed E-state index contributed by atoms with van der Waals surface area (Å²) in [5.74, 6) is 2.22. The molecule has 4 aromatic rings. The van der Waals surface area contributed by atoms with Crippen LogP contribution < -0.4 is 9.47 Å². The van der Waals surface area contributed by atoms with Crippen molar-refractivity contribution in [2.75, 3.05) is 14.2 Å². The fourth-order valence-corrected chi connectivity index (χ4v) is 3.21. The van der Waals surface area contributed by atoms with Crippen molar-refractivity contribution in [2.45, 2.75) is 33.1 Å². The molecule has 0 unspecified atom stereocenters. The van der Waals surface area contributed by atoms with E-state index in [0.717, 1.165) is 0 Å². The van der Waals surface area contributed by atoms with Crippen LogP contribution in [0.3, 0.4) is 0 Å². The molecule has 0 fully saturated rings. The standard InChI is InChI=1S/C21H22N8O2.Pt/c1-13-19(30-5)28(11-24-13)17-9-22-7-15(26-17)21(3,4)16-8-23-10-18(27-16)29-12-25-14(2)20(29)31-6;/h7-10H,1-6H3;/q-2;+2. The second kappa shape index (κ2) is 9.16. The molecule has 32 heavy (non-hydrogen) atoms. The monoisotopic (exact) mass is 613 g/mol. The van der Waals surface area contributed by atoms with Gasteiger partial charge >= 0.3 is 21.1 Å². The number of ether oxygens (including phenoxy) is 2. The molecule has 10 nitrogen and oxygen atoms in total. The van der Waals surface area contributed by atoms with E-state index < -0.39 is 5.41 Å². The van der Waals surface area contributed by atoms with Gasteiger partial charge in [0.25, 0.3) is 0 Å². The summed E-state index contributed by atoms with van der Waals surface area (Å²) >= 11 is 0. The normalized spacial score (nSPS) is 11.2. The van der Waals surface area contributed by atoms with Crippen LogP contribution in [0.2, 0.25) is 0 Å². The van der Waals surface area contributed by atoms with Crippen molar-refractivity contribution in [3.05, 3.63) is 60.2 Å². The average molecular weight is 614 g/mol. The van der Waals surface area contributed by atoms with Gasteiger partial charge in [-0.2, -0.15) is 0 Å². The largest absolute Gasteiger partial charge is 2.00 e. The molecule has 4 rings (SSSR count). The second-order valence-electron chi connectivity index (χ2n) is 7.43. The summed E-state index contributed by atoms with van der Waals surface area (Å²) in [6.07, 6.45) is 12.5. The Morgan fingerprint density at radius 1 is 0.750 bits per heavy atom. The molecule has 0 aliphatic heterocycles. The third kappa shape index (κ3) is 4.02. The third-order valence-corrected chi connectivity index (χ3v) is 5.03. The number of aromatic nitrogens is 8. The summed E-state index contributed by atoms with van der Waals surface area (Å²) in [5.41, 5.74) is 2.24. The van der Waals surface area contributed by atoms with Gasteiger partial charge in [-0.25, -0.2) is 0 Å². The van der Waals surface area contributed by atoms with Crippen molar-refractivity contribution in [3.8, 4) is 23.4 Å². The minimum absolute atomic E-state index is 0. The molecule has 0 aliphatic rings. The number of methoxy groups -OCH3 is 2. The van der Waals surface area contributed by atoms with Crippen LogP contribution in [0.5, 0.6) is 11.8 Å². The molecule has 168 valence electrons. The molecular weight excluding hydrogens is 591 g/mol. The maximum absolute atomic E-state index is 5.42. The Morgan fingerprint density at radius 2 is 1.16 bits per heavy atom. The average Bonchev–Trinajstić information content (AvgIpc) is 3.35. The zero-order valence-corrected chi connectivity index (χ0v) is 20.8. The van der Waals surface area contributed by atoms with Gasteiger partial charge in [0.2, 0.25) is 0 Å². The quantitative estimate of drug-likeness (QED) is 0.305. The molecule has 0 bridgehead atoms. The van der Waals surface area contributed by atoms with Gasteiger partial charge < -0.3 is 28.6 Å². The minimum Gasteiger partial charge on any atom is -0.531 e. The van der Waals surface area contributed by atoms with E-state index in [0.29, 0.717) is 46.2 Å². The van der Waals surface area contributed by atoms with Crippen LogP contribution >= 0.6 is 0 Å². The third-order valence-electron chi connectivity index (χ3n) is 5.03. The molecular formula is C21H22N8O2Pt. The van der Waals surface area contributed by atoms with Crippen LogP contribution in [-0.2, 0) is 26.5 Å². The zero-order chi connectivity index (χ0) is 22.2. The predicted molar refractivity (Wildman–Crippen MR) is 111 cm³/mol. The Hall–Kier alpha value is -3.13. The Morgan fingerprint density at radius 3 is 1.53 bits per heavy atom. The van der Waals surface area contributed by atoms with E-state index >= 15 is 0 Å². The van der Waals surface area contributed by atoms with Crippen molar-refractivity contribution < 1.29 is 30.5 Å². The number of rotatable bonds is 6. The molecule has 4 aromatic heterocycles. The zero-order valence-electron chi connectivity index (χ0n) is 18.5. The molecule has 0 aromatic carbocycles. The fraction of sp³-hybridized carbons (Fsp3) is 0.333. The van der Waals surface area contributed by atoms with Crippen molar-refractivity contribution in [1.82, 2.24) is 39.0 Å². The summed E-state index contributed by atoms with van der Waals surface area (Å²) in [4.78, 5) is 26.7. The molecule has 0 saturated carbocycles. The summed E-state index contributed by atoms with van der Waals surface area (Å²) in [7, 11) is 3.17. The van der Waals surface area contributed by atoms with Crippen LogP contribution in [0.25, 0.3) is 11.6 Å². The smallest absolute Gasteiger partial charge is 0.531 e. The van der Waals surface area contributed by atoms with Crippen molar-refractivity contribution in [3.63, 3.8) is 0 Å². The Labute approximate surface area is 200 Å². The summed E-state index contributed by atoms with van der Waals surface area (Å²) < 4.78 is 14.1. The van der Waals surface area contributed by atoms with Gasteiger partial charge in [0, 0.05) is 37.4 Å². The molecule has 11 heteroatoms. The second-order valence-corrected chi connectivity index (χ2v) is 7.43. The number of hydrogen-bond acceptors (Lipinski definition) is 8. The molecule has 0 aliphatic carbocycles. The molecule has 4 heterocycles. The van der Waals surface area contributed by atoms with Crippen LogP contribution in [0.1, 0.15) is 36.6 Å². The topological polar surface area (TPSA) is 106 Å². The van der Waals surface area contributed by atoms with E-state index in [1.807, 2.05) is 27.7 Å². The first-order valence-corrected chi connectivity index (χ1v) is 9.54. The minimum atomic E-state index is -0.599. The van der Waals surface area contributed by atoms with Gasteiger partial charge in [-0.3, -0.25) is 19.9 Å². The van der Waals surface area contributed by atoms with Crippen LogP contribution in [0.4, 0.5) is 0 Å². The summed E-state index contributed by atoms with van der Waals surface area (Å²) in [6.45, 7) is 7.71. The van der Waals surface area contributed by atoms with Gasteiger partial charge in [0.15, 0.2) is 0 Å². The Balaban J connectivity index is 0.00000289. The Kier molecular flexibility index (Phi) is 6.73. The number of imidazole rings is 2. The van der Waals surface area contributed by atoms with Crippen molar-refractivity contribution in [1.29, 1.82) is 0 Å². The van der Waals surface area contributed by atoms with Gasteiger partial charge in [-0.1, -0.05) is 13.8 Å². The number of nitrogens with zero attached hydrogens (tertiary/aromatic N) is 8. The predicted octanol–water partition coefficient (Wildman–Crippen LogP) is 2.20. The fourth-order valence-electron chi connectivity index (χ4n) is 3.21. The van der Waals surface area contributed by atoms with E-state index in [1.165, 1.54) is 0 Å². The molecule has 0 N–H and O–H groups in total. The van der Waals surface area contributed by atoms with Crippen molar-refractivity contribution in [2.24, 2.45) is 0 Å². The van der Waals surface area contributed by atoms with Gasteiger partial charge in [-0.15, -0.1) is 0 Å². The first-order chi connectivity index (χ1) is 14.9. The van der Waals surface area contributed by atoms with Gasteiger partial charge in [0.05, 0.1) is 54.4 Å². The van der Waals surface area contributed by atoms with E-state index in [1.54, 1.807) is 48.1 Å². The Bertz CT molecular complexity index is 1140. The van der Waals surface area contributed by atoms with E-state index in [2.05, 4.69) is 32.6 Å². The summed E-state index contributed by atoms with van der Waals surface area (Å²) in [6, 6.07) is 0. The number of aryl methyl sites for hydroxylation is 2. The molecule has 0 spiro atoms. The SMILES string of the molecule is COc1c(C)n[c-]n1-c1cncc(C(C)(C)c2cncc(-n3[c-]nc(C)c3OC)n2)n1.[Pt+2]. The van der Waals surface area contributed by atoms with E-state index in [-0.39, 0.29) is 21.1 Å². The van der Waals surface area contributed by atoms with E-state index in [4.69, 9.17) is 19.4 Å². The van der Waals surface area contributed by atoms with Crippen LogP contribution in [0.15, 0.2) is 24.8 Å². The van der Waals surface area contributed by atoms with E-state index in [9.17, 15) is 0 Å². The van der Waals surface area contributed by atoms with Crippen LogP contribution in [0, 0.1) is 26.5 Å². The maximum Gasteiger partial charge on any atom is 2.00 e. The first kappa shape index (κ1) is 23.5. The van der Waals surface area contributed by atoms with Crippen molar-refractivity contribution >= 4 is 0 Å². The molecule has 0 atom stereocenters. The molecule has 0 radical (unpaired) electrons. The molecule has 0 amide bonds. The maximum atomic E-state index is 5.42. The summed E-state index contributed by atoms with van der Waals surface area (Å²) in [5, 5.41) is 0. The van der Waals surface area contributed by atoms with Crippen LogP contribution in [-0.4, -0.2) is 53.3 Å².